The van der Waals surface area contributed by atoms with E-state index in [0.717, 1.165) is 70.8 Å². The molecule has 4 N–H and O–H groups in total. The topological polar surface area (TPSA) is 177 Å². The van der Waals surface area contributed by atoms with E-state index in [-0.39, 0.29) is 59.1 Å². The minimum absolute atomic E-state index is 0.0345. The summed E-state index contributed by atoms with van der Waals surface area (Å²) in [6.07, 6.45) is 46.4. The summed E-state index contributed by atoms with van der Waals surface area (Å²) in [4.78, 5) is 73.9. The first-order valence-corrected chi connectivity index (χ1v) is 31.5. The van der Waals surface area contributed by atoms with Gasteiger partial charge in [-0.05, 0) is 78.4 Å². The molecule has 442 valence electrons. The summed E-state index contributed by atoms with van der Waals surface area (Å²) in [6, 6.07) is 0. The van der Waals surface area contributed by atoms with E-state index in [0.29, 0.717) is 77.7 Å². The molecule has 0 aliphatic heterocycles. The molecule has 0 radical (unpaired) electrons. The maximum absolute atomic E-state index is 12.0. The molecule has 0 saturated heterocycles. The first-order chi connectivity index (χ1) is 36.2. The fraction of sp³-hybridized carbons (Fsp3) is 0.903. The van der Waals surface area contributed by atoms with Gasteiger partial charge >= 0.3 is 0 Å². The lowest BCUT2D eigenvalue weighted by Gasteiger charge is -2.33. The van der Waals surface area contributed by atoms with Crippen LogP contribution in [0.3, 0.4) is 0 Å². The van der Waals surface area contributed by atoms with Crippen LogP contribution in [0, 0.1) is 5.21 Å². The summed E-state index contributed by atoms with van der Waals surface area (Å²) < 4.78 is -0.253. The number of quaternary nitrogens is 1. The van der Waals surface area contributed by atoms with Crippen LogP contribution >= 0.6 is 0 Å². The smallest absolute Gasteiger partial charge is 0.220 e. The monoisotopic (exact) mass is 1060 g/mol. The molecular weight excluding hydrogens is 941 g/mol. The zero-order chi connectivity index (χ0) is 55.7. The zero-order valence-electron chi connectivity index (χ0n) is 50.1. The molecule has 0 aromatic carbocycles. The van der Waals surface area contributed by atoms with Gasteiger partial charge in [-0.3, -0.25) is 28.8 Å². The van der Waals surface area contributed by atoms with Crippen molar-refractivity contribution in [2.24, 2.45) is 0 Å². The van der Waals surface area contributed by atoms with E-state index < -0.39 is 0 Å². The minimum atomic E-state index is -0.253. The summed E-state index contributed by atoms with van der Waals surface area (Å²) >= 11 is 0. The van der Waals surface area contributed by atoms with Gasteiger partial charge in [0.2, 0.25) is 23.6 Å². The fourth-order valence-corrected chi connectivity index (χ4v) is 9.08. The van der Waals surface area contributed by atoms with Crippen molar-refractivity contribution < 1.29 is 33.4 Å². The van der Waals surface area contributed by atoms with Crippen LogP contribution < -0.4 is 21.3 Å². The molecular formula is C62H122N6O7. The lowest BCUT2D eigenvalue weighted by atomic mass is 10.0. The molecule has 13 heteroatoms. The molecule has 0 saturated carbocycles. The molecule has 0 fully saturated rings. The first-order valence-electron chi connectivity index (χ1n) is 31.5. The van der Waals surface area contributed by atoms with Gasteiger partial charge in [0.05, 0.1) is 20.6 Å². The largest absolute Gasteiger partial charge is 0.633 e. The second-order valence-corrected chi connectivity index (χ2v) is 22.6. The Balaban J connectivity index is 0. The Morgan fingerprint density at radius 3 is 0.907 bits per heavy atom. The van der Waals surface area contributed by atoms with E-state index >= 15 is 0 Å². The summed E-state index contributed by atoms with van der Waals surface area (Å²) in [7, 11) is 7.47. The fourth-order valence-electron chi connectivity index (χ4n) is 9.08. The van der Waals surface area contributed by atoms with Crippen molar-refractivity contribution >= 4 is 35.2 Å². The Hall–Kier alpha value is -2.90. The number of hydroxylamine groups is 3. The van der Waals surface area contributed by atoms with E-state index in [2.05, 4.69) is 54.1 Å². The van der Waals surface area contributed by atoms with Gasteiger partial charge in [0.1, 0.15) is 11.6 Å². The predicted molar refractivity (Wildman–Crippen MR) is 315 cm³/mol. The van der Waals surface area contributed by atoms with E-state index in [4.69, 9.17) is 0 Å². The summed E-state index contributed by atoms with van der Waals surface area (Å²) in [5.41, 5.74) is 0. The van der Waals surface area contributed by atoms with Crippen molar-refractivity contribution in [3.63, 3.8) is 0 Å². The minimum Gasteiger partial charge on any atom is -0.633 e. The van der Waals surface area contributed by atoms with Crippen LogP contribution in [0.1, 0.15) is 296 Å². The summed E-state index contributed by atoms with van der Waals surface area (Å²) in [6.45, 7) is 8.64. The second-order valence-electron chi connectivity index (χ2n) is 22.6. The number of nitrogens with one attached hydrogen (secondary N) is 4. The molecule has 75 heavy (non-hydrogen) atoms. The van der Waals surface area contributed by atoms with Crippen molar-refractivity contribution in [1.29, 1.82) is 0 Å². The highest BCUT2D eigenvalue weighted by molar-refractivity contribution is 5.85. The van der Waals surface area contributed by atoms with Crippen molar-refractivity contribution in [3.05, 3.63) is 5.21 Å². The Morgan fingerprint density at radius 1 is 0.320 bits per heavy atom. The molecule has 0 spiro atoms. The normalized spacial score (nSPS) is 11.3. The number of rotatable bonds is 56. The molecule has 0 aromatic heterocycles. The lowest BCUT2D eigenvalue weighted by Crippen LogP contribution is -2.33. The third-order valence-electron chi connectivity index (χ3n) is 14.0. The second kappa shape index (κ2) is 57.3. The number of carbonyl (C=O) groups is 6. The predicted octanol–water partition coefficient (Wildman–Crippen LogP) is 13.9. The Bertz CT molecular complexity index is 1340. The summed E-state index contributed by atoms with van der Waals surface area (Å²) in [5, 5.41) is 23.1. The van der Waals surface area contributed by atoms with Crippen LogP contribution in [0.4, 0.5) is 0 Å². The molecule has 0 aliphatic carbocycles. The van der Waals surface area contributed by atoms with Crippen LogP contribution in [-0.4, -0.2) is 112 Å². The molecule has 13 nitrogen and oxygen atoms in total. The number of unbranched alkanes of at least 4 members (excludes halogenated alkanes) is 30. The van der Waals surface area contributed by atoms with Crippen molar-refractivity contribution in [1.82, 2.24) is 26.2 Å². The highest BCUT2D eigenvalue weighted by Gasteiger charge is 2.10. The number of Topliss-reactive ketones (excluding diaryl/α,β-unsaturated/α-hetero) is 2. The van der Waals surface area contributed by atoms with Crippen LogP contribution in [0.15, 0.2) is 0 Å². The van der Waals surface area contributed by atoms with Gasteiger partial charge in [0, 0.05) is 77.5 Å². The molecule has 4 amide bonds. The number of hydrogen-bond acceptors (Lipinski definition) is 8. The van der Waals surface area contributed by atoms with Crippen molar-refractivity contribution in [2.75, 3.05) is 67.5 Å². The Labute approximate surface area is 462 Å². The van der Waals surface area contributed by atoms with E-state index in [1.54, 1.807) is 14.1 Å². The number of ketones is 2. The van der Waals surface area contributed by atoms with Gasteiger partial charge in [-0.1, -0.05) is 187 Å². The number of nitrogens with zero attached hydrogens (tertiary/aromatic N) is 2. The van der Waals surface area contributed by atoms with Crippen LogP contribution in [-0.2, 0) is 28.8 Å². The number of amides is 4. The molecule has 0 rings (SSSR count). The third-order valence-corrected chi connectivity index (χ3v) is 14.0. The Morgan fingerprint density at radius 2 is 0.587 bits per heavy atom. The lowest BCUT2D eigenvalue weighted by molar-refractivity contribution is -0.840. The maximum atomic E-state index is 12.0. The molecule has 0 bridgehead atoms. The zero-order valence-corrected chi connectivity index (χ0v) is 50.1. The van der Waals surface area contributed by atoms with E-state index in [9.17, 15) is 34.0 Å². The van der Waals surface area contributed by atoms with Gasteiger partial charge in [-0.15, -0.1) is 0 Å². The number of hydrogen-bond donors (Lipinski definition) is 4. The molecule has 0 unspecified atom stereocenters. The van der Waals surface area contributed by atoms with Crippen LogP contribution in [0.5, 0.6) is 0 Å². The molecule has 0 atom stereocenters. The van der Waals surface area contributed by atoms with Crippen molar-refractivity contribution in [3.8, 4) is 0 Å². The van der Waals surface area contributed by atoms with Crippen LogP contribution in [0.25, 0.3) is 0 Å². The molecule has 0 aliphatic rings. The van der Waals surface area contributed by atoms with Gasteiger partial charge in [0.25, 0.3) is 0 Å². The van der Waals surface area contributed by atoms with Crippen molar-refractivity contribution in [2.45, 2.75) is 296 Å². The molecule has 0 heterocycles. The SMILES string of the molecule is CCCCCCCCCCCCCCCC(=O)NCCCC(=O)CCC(=O)NCCCCCCN(C)C.CCCCCCCCCCCCCCCC(=O)NCCCC(=O)CCC(=O)NCCCCCC[N+](C)(C)[O-]. The van der Waals surface area contributed by atoms with Gasteiger partial charge < -0.3 is 36.0 Å². The highest BCUT2D eigenvalue weighted by atomic mass is 16.5. The number of carbonyl (C=O) groups excluding carboxylic acids is 6. The standard InChI is InChI=1S/C31H61N3O4.C31H61N3O3/c1-4-5-6-7-8-9-10-11-12-13-14-15-18-23-30(36)33-27-21-22-29(35)24-25-31(37)32-26-19-16-17-20-28-34(2,3)38;1-4-5-6-7-8-9-10-11-12-13-14-15-18-23-30(36)33-27-21-22-29(35)24-25-31(37)32-26-19-16-17-20-28-34(2)3/h4-28H2,1-3H3,(H,32,37)(H,33,36);4-28H2,1-3H3,(H,32,37)(H,33,36). The third kappa shape index (κ3) is 65.3. The average Bonchev–Trinajstić information content (AvgIpc) is 3.37. The Kier molecular flexibility index (Phi) is 56.6. The van der Waals surface area contributed by atoms with Gasteiger partial charge in [0.15, 0.2) is 0 Å². The quantitative estimate of drug-likeness (QED) is 0.0264. The van der Waals surface area contributed by atoms with E-state index in [1.807, 2.05) is 0 Å². The first kappa shape index (κ1) is 74.2. The summed E-state index contributed by atoms with van der Waals surface area (Å²) in [5.74, 6) is 0.232. The molecule has 0 aromatic rings. The highest BCUT2D eigenvalue weighted by Crippen LogP contribution is 2.15. The van der Waals surface area contributed by atoms with Gasteiger partial charge in [-0.25, -0.2) is 0 Å². The van der Waals surface area contributed by atoms with Gasteiger partial charge in [-0.2, -0.15) is 0 Å². The average molecular weight is 1060 g/mol. The van der Waals surface area contributed by atoms with E-state index in [1.165, 1.54) is 154 Å². The van der Waals surface area contributed by atoms with Crippen LogP contribution in [0.2, 0.25) is 0 Å². The maximum Gasteiger partial charge on any atom is 0.220 e.